The summed E-state index contributed by atoms with van der Waals surface area (Å²) >= 11 is 7.87. The van der Waals surface area contributed by atoms with E-state index in [-0.39, 0.29) is 24.6 Å². The van der Waals surface area contributed by atoms with Gasteiger partial charge in [-0.3, -0.25) is 14.5 Å². The Morgan fingerprint density at radius 3 is 2.42 bits per heavy atom. The lowest BCUT2D eigenvalue weighted by atomic mass is 9.68. The first kappa shape index (κ1) is 27.7. The number of nitrogens with two attached hydrogens (primary N) is 1. The van der Waals surface area contributed by atoms with Gasteiger partial charge in [0.15, 0.2) is 5.78 Å². The van der Waals surface area contributed by atoms with Crippen LogP contribution in [0, 0.1) is 5.92 Å². The van der Waals surface area contributed by atoms with Gasteiger partial charge >= 0.3 is 11.9 Å². The Kier molecular flexibility index (Phi) is 8.09. The Morgan fingerprint density at radius 2 is 1.77 bits per heavy atom. The molecule has 9 heteroatoms. The molecule has 2 N–H and O–H groups in total. The van der Waals surface area contributed by atoms with E-state index in [4.69, 9.17) is 26.8 Å². The van der Waals surface area contributed by atoms with E-state index >= 15 is 0 Å². The number of nitrogens with zero attached hydrogens (tertiary/aromatic N) is 1. The van der Waals surface area contributed by atoms with Crippen molar-refractivity contribution < 1.29 is 23.9 Å². The minimum atomic E-state index is -1.08. The van der Waals surface area contributed by atoms with E-state index in [9.17, 15) is 14.4 Å². The number of carbonyl (C=O) groups excluding carboxylic acids is 3. The van der Waals surface area contributed by atoms with E-state index in [1.165, 1.54) is 11.3 Å². The number of ether oxygens (including phenoxy) is 2. The zero-order chi connectivity index (χ0) is 28.4. The van der Waals surface area contributed by atoms with Crippen molar-refractivity contribution in [2.24, 2.45) is 11.7 Å². The minimum Gasteiger partial charge on any atom is -0.465 e. The van der Waals surface area contributed by atoms with Crippen LogP contribution in [0.5, 0.6) is 0 Å². The largest absolute Gasteiger partial charge is 0.465 e. The maximum Gasteiger partial charge on any atom is 0.338 e. The molecule has 2 aliphatic rings. The van der Waals surface area contributed by atoms with Crippen molar-refractivity contribution in [2.75, 3.05) is 18.1 Å². The van der Waals surface area contributed by atoms with Crippen molar-refractivity contribution in [3.8, 4) is 0 Å². The molecule has 2 heterocycles. The van der Waals surface area contributed by atoms with E-state index in [1.54, 1.807) is 43.0 Å². The molecule has 206 valence electrons. The molecule has 0 saturated carbocycles. The third-order valence-electron chi connectivity index (χ3n) is 7.18. The van der Waals surface area contributed by atoms with Crippen LogP contribution >= 0.6 is 22.9 Å². The zero-order valence-electron chi connectivity index (χ0n) is 22.1. The Bertz CT molecular complexity index is 1500. The molecule has 7 nitrogen and oxygen atoms in total. The quantitative estimate of drug-likeness (QED) is 0.275. The van der Waals surface area contributed by atoms with Crippen molar-refractivity contribution in [1.82, 2.24) is 0 Å². The average Bonchev–Trinajstić information content (AvgIpc) is 3.48. The van der Waals surface area contributed by atoms with E-state index in [2.05, 4.69) is 0 Å². The van der Waals surface area contributed by atoms with E-state index in [1.807, 2.05) is 47.8 Å². The molecule has 0 saturated heterocycles. The third-order valence-corrected chi connectivity index (χ3v) is 8.42. The van der Waals surface area contributed by atoms with Crippen LogP contribution < -0.4 is 10.6 Å². The Labute approximate surface area is 241 Å². The first-order chi connectivity index (χ1) is 19.4. The van der Waals surface area contributed by atoms with Gasteiger partial charge in [-0.1, -0.05) is 48.0 Å². The highest BCUT2D eigenvalue weighted by Crippen LogP contribution is 2.52. The van der Waals surface area contributed by atoms with Crippen LogP contribution in [0.15, 0.2) is 94.8 Å². The number of thiophene rings is 1. The van der Waals surface area contributed by atoms with Crippen molar-refractivity contribution in [3.05, 3.63) is 110 Å². The molecule has 1 aliphatic heterocycles. The Hall–Kier alpha value is -3.88. The van der Waals surface area contributed by atoms with E-state index < -0.39 is 35.5 Å². The van der Waals surface area contributed by atoms with Crippen molar-refractivity contribution >= 4 is 46.3 Å². The number of esters is 2. The molecular formula is C31H29ClN2O5S. The topological polar surface area (TPSA) is 98.9 Å². The molecule has 0 amide bonds. The molecule has 0 spiro atoms. The molecule has 5 rings (SSSR count). The van der Waals surface area contributed by atoms with Gasteiger partial charge in [0.05, 0.1) is 24.7 Å². The molecule has 0 fully saturated rings. The molecule has 3 aromatic rings. The summed E-state index contributed by atoms with van der Waals surface area (Å²) < 4.78 is 10.9. The summed E-state index contributed by atoms with van der Waals surface area (Å²) in [5.74, 6) is -3.90. The maximum absolute atomic E-state index is 14.6. The number of carbonyl (C=O) groups is 3. The second kappa shape index (κ2) is 11.7. The van der Waals surface area contributed by atoms with Gasteiger partial charge in [-0.15, -0.1) is 11.3 Å². The molecular weight excluding hydrogens is 548 g/mol. The standard InChI is InChI=1S/C31H29ClN2O5S/c1-3-38-30(36)25-21(23-14-9-15-40-23)17-22-26(28(25)35)24(18-10-8-11-19(32)16-18)27(31(37)39-4-2)29(33)34(22)20-12-6-5-7-13-20/h5-16,21,24-25H,3-4,17,33H2,1-2H3. The van der Waals surface area contributed by atoms with Crippen molar-refractivity contribution in [3.63, 3.8) is 0 Å². The highest BCUT2D eigenvalue weighted by atomic mass is 35.5. The van der Waals surface area contributed by atoms with E-state index in [0.29, 0.717) is 34.0 Å². The van der Waals surface area contributed by atoms with Crippen LogP contribution in [-0.2, 0) is 23.9 Å². The number of hydrogen-bond acceptors (Lipinski definition) is 8. The Morgan fingerprint density at radius 1 is 1.02 bits per heavy atom. The van der Waals surface area contributed by atoms with Crippen molar-refractivity contribution in [1.29, 1.82) is 0 Å². The highest BCUT2D eigenvalue weighted by Gasteiger charge is 2.51. The molecule has 1 aromatic heterocycles. The minimum absolute atomic E-state index is 0.120. The number of anilines is 1. The van der Waals surface area contributed by atoms with Crippen LogP contribution in [0.4, 0.5) is 5.69 Å². The smallest absolute Gasteiger partial charge is 0.338 e. The van der Waals surface area contributed by atoms with E-state index in [0.717, 1.165) is 4.88 Å². The van der Waals surface area contributed by atoms with Crippen LogP contribution in [0.1, 0.15) is 42.5 Å². The van der Waals surface area contributed by atoms with Gasteiger partial charge in [0.1, 0.15) is 11.7 Å². The van der Waals surface area contributed by atoms with Gasteiger partial charge in [0.2, 0.25) is 0 Å². The molecule has 0 radical (unpaired) electrons. The fourth-order valence-corrected chi connectivity index (χ4v) is 6.66. The summed E-state index contributed by atoms with van der Waals surface area (Å²) in [6, 6.07) is 20.1. The molecule has 40 heavy (non-hydrogen) atoms. The predicted molar refractivity (Wildman–Crippen MR) is 155 cm³/mol. The monoisotopic (exact) mass is 576 g/mol. The Balaban J connectivity index is 1.81. The lowest BCUT2D eigenvalue weighted by Gasteiger charge is -2.43. The second-order valence-corrected chi connectivity index (χ2v) is 10.9. The SMILES string of the molecule is CCOC(=O)C1=C(N)N(c2ccccc2)C2=C(C(=O)C(C(=O)OCC)C(c3cccs3)C2)C1c1cccc(Cl)c1. The average molecular weight is 577 g/mol. The number of benzene rings is 2. The number of allylic oxidation sites excluding steroid dienone is 2. The fourth-order valence-electron chi connectivity index (χ4n) is 5.60. The molecule has 3 unspecified atom stereocenters. The predicted octanol–water partition coefficient (Wildman–Crippen LogP) is 5.93. The maximum atomic E-state index is 14.6. The van der Waals surface area contributed by atoms with Gasteiger partial charge in [0.25, 0.3) is 0 Å². The number of hydrogen-bond donors (Lipinski definition) is 1. The number of para-hydroxylation sites is 1. The summed E-state index contributed by atoms with van der Waals surface area (Å²) in [7, 11) is 0. The lowest BCUT2D eigenvalue weighted by molar-refractivity contribution is -0.152. The molecule has 0 bridgehead atoms. The van der Waals surface area contributed by atoms with Gasteiger partial charge in [-0.05, 0) is 61.5 Å². The first-order valence-corrected chi connectivity index (χ1v) is 14.4. The highest BCUT2D eigenvalue weighted by molar-refractivity contribution is 7.10. The van der Waals surface area contributed by atoms with Crippen LogP contribution in [0.25, 0.3) is 0 Å². The molecule has 1 aliphatic carbocycles. The van der Waals surface area contributed by atoms with Gasteiger partial charge < -0.3 is 15.2 Å². The zero-order valence-corrected chi connectivity index (χ0v) is 23.7. The summed E-state index contributed by atoms with van der Waals surface area (Å²) in [6.45, 7) is 3.68. The fraction of sp³-hybridized carbons (Fsp3) is 0.258. The number of halogens is 1. The van der Waals surface area contributed by atoms with Gasteiger partial charge in [-0.25, -0.2) is 4.79 Å². The second-order valence-electron chi connectivity index (χ2n) is 9.46. The number of ketones is 1. The number of Topliss-reactive ketones (excluding diaryl/α,β-unsaturated/α-hetero) is 1. The van der Waals surface area contributed by atoms with Gasteiger partial charge in [0, 0.05) is 32.8 Å². The third kappa shape index (κ3) is 4.93. The summed E-state index contributed by atoms with van der Waals surface area (Å²) in [4.78, 5) is 44.2. The lowest BCUT2D eigenvalue weighted by Crippen LogP contribution is -2.46. The summed E-state index contributed by atoms with van der Waals surface area (Å²) in [6.07, 6.45) is 0.327. The van der Waals surface area contributed by atoms with Crippen LogP contribution in [-0.4, -0.2) is 30.9 Å². The number of rotatable bonds is 7. The van der Waals surface area contributed by atoms with Crippen LogP contribution in [0.3, 0.4) is 0 Å². The summed E-state index contributed by atoms with van der Waals surface area (Å²) in [5, 5.41) is 2.36. The van der Waals surface area contributed by atoms with Crippen LogP contribution in [0.2, 0.25) is 5.02 Å². The first-order valence-electron chi connectivity index (χ1n) is 13.1. The summed E-state index contributed by atoms with van der Waals surface area (Å²) in [5.41, 5.74) is 9.20. The normalized spacial score (nSPS) is 20.8. The van der Waals surface area contributed by atoms with Crippen molar-refractivity contribution in [2.45, 2.75) is 32.1 Å². The molecule has 3 atom stereocenters. The van der Waals surface area contributed by atoms with Gasteiger partial charge in [-0.2, -0.15) is 0 Å². The molecule has 2 aromatic carbocycles.